The number of aromatic nitrogens is 3. The molecule has 1 saturated carbocycles. The summed E-state index contributed by atoms with van der Waals surface area (Å²) in [5.41, 5.74) is 6.48. The summed E-state index contributed by atoms with van der Waals surface area (Å²) in [5.74, 6) is 1.84. The summed E-state index contributed by atoms with van der Waals surface area (Å²) >= 11 is 6.06. The van der Waals surface area contributed by atoms with Crippen molar-refractivity contribution in [3.05, 3.63) is 23.4 Å². The SMILES string of the molecule is CC1COCCN1c1cc(N=[S@](C)(=O)C2CC2)nc(-c2cc(N)nc(Cl)c2)n1. The molecule has 1 aliphatic carbocycles. The molecular formula is C18H23ClN6O2S. The standard InChI is InChI=1S/C18H23ClN6O2S/c1-11-10-27-6-5-25(11)17-9-16(24-28(2,26)13-3-4-13)22-18(23-17)12-7-14(19)21-15(20)8-12/h7-9,11,13H,3-6,10H2,1-2H3,(H2,20,21)/t11?,28-/m1/s1. The van der Waals surface area contributed by atoms with Crippen LogP contribution in [0.1, 0.15) is 19.8 Å². The number of morpholine rings is 1. The van der Waals surface area contributed by atoms with Gasteiger partial charge in [-0.15, -0.1) is 0 Å². The third-order valence-corrected chi connectivity index (χ3v) is 7.30. The Hall–Kier alpha value is -1.97. The number of pyridine rings is 1. The summed E-state index contributed by atoms with van der Waals surface area (Å²) in [4.78, 5) is 15.4. The highest BCUT2D eigenvalue weighted by molar-refractivity contribution is 7.93. The van der Waals surface area contributed by atoms with Gasteiger partial charge in [0, 0.05) is 29.7 Å². The second-order valence-electron chi connectivity index (χ2n) is 7.28. The lowest BCUT2D eigenvalue weighted by atomic mass is 10.2. The number of hydrogen-bond acceptors (Lipinski definition) is 8. The van der Waals surface area contributed by atoms with Crippen molar-refractivity contribution in [1.82, 2.24) is 15.0 Å². The lowest BCUT2D eigenvalue weighted by Crippen LogP contribution is -2.44. The van der Waals surface area contributed by atoms with E-state index in [0.29, 0.717) is 37.0 Å². The fourth-order valence-corrected chi connectivity index (χ4v) is 5.06. The second kappa shape index (κ2) is 7.46. The van der Waals surface area contributed by atoms with Crippen LogP contribution in [0, 0.1) is 0 Å². The molecule has 0 spiro atoms. The molecule has 3 heterocycles. The van der Waals surface area contributed by atoms with Crippen LogP contribution in [0.25, 0.3) is 11.4 Å². The minimum absolute atomic E-state index is 0.141. The zero-order valence-corrected chi connectivity index (χ0v) is 17.4. The first-order valence-corrected chi connectivity index (χ1v) is 11.6. The van der Waals surface area contributed by atoms with Gasteiger partial charge in [-0.3, -0.25) is 0 Å². The van der Waals surface area contributed by atoms with Crippen LogP contribution in [0.3, 0.4) is 0 Å². The van der Waals surface area contributed by atoms with E-state index in [9.17, 15) is 4.21 Å². The Morgan fingerprint density at radius 3 is 2.75 bits per heavy atom. The molecule has 0 radical (unpaired) electrons. The van der Waals surface area contributed by atoms with E-state index in [2.05, 4.69) is 26.2 Å². The molecule has 8 nitrogen and oxygen atoms in total. The molecular weight excluding hydrogens is 400 g/mol. The third-order valence-electron chi connectivity index (χ3n) is 4.85. The maximum Gasteiger partial charge on any atom is 0.167 e. The molecule has 2 atom stereocenters. The fraction of sp³-hybridized carbons (Fsp3) is 0.500. The van der Waals surface area contributed by atoms with Gasteiger partial charge in [-0.05, 0) is 31.9 Å². The molecule has 0 aromatic carbocycles. The van der Waals surface area contributed by atoms with Crippen LogP contribution in [0.4, 0.5) is 17.5 Å². The Morgan fingerprint density at radius 2 is 2.07 bits per heavy atom. The fourth-order valence-electron chi connectivity index (χ4n) is 3.22. The highest BCUT2D eigenvalue weighted by Gasteiger charge is 2.31. The lowest BCUT2D eigenvalue weighted by molar-refractivity contribution is 0.0985. The Kier molecular flexibility index (Phi) is 5.15. The first kappa shape index (κ1) is 19.4. The predicted octanol–water partition coefficient (Wildman–Crippen LogP) is 2.89. The highest BCUT2D eigenvalue weighted by atomic mass is 35.5. The predicted molar refractivity (Wildman–Crippen MR) is 111 cm³/mol. The Balaban J connectivity index is 1.84. The van der Waals surface area contributed by atoms with Gasteiger partial charge in [0.25, 0.3) is 0 Å². The molecule has 1 unspecified atom stereocenters. The van der Waals surface area contributed by atoms with Crippen molar-refractivity contribution in [2.75, 3.05) is 36.6 Å². The normalized spacial score (nSPS) is 22.0. The maximum atomic E-state index is 12.9. The number of rotatable bonds is 4. The van der Waals surface area contributed by atoms with Gasteiger partial charge < -0.3 is 15.4 Å². The minimum Gasteiger partial charge on any atom is -0.384 e. The third kappa shape index (κ3) is 4.21. The first-order chi connectivity index (χ1) is 13.3. The molecule has 4 rings (SSSR count). The van der Waals surface area contributed by atoms with Crippen LogP contribution < -0.4 is 10.6 Å². The van der Waals surface area contributed by atoms with Gasteiger partial charge in [-0.25, -0.2) is 19.2 Å². The van der Waals surface area contributed by atoms with E-state index in [-0.39, 0.29) is 22.3 Å². The summed E-state index contributed by atoms with van der Waals surface area (Å²) in [6, 6.07) is 5.28. The van der Waals surface area contributed by atoms with Crippen LogP contribution in [-0.4, -0.2) is 56.5 Å². The van der Waals surface area contributed by atoms with Crippen LogP contribution >= 0.6 is 11.6 Å². The molecule has 2 aromatic heterocycles. The highest BCUT2D eigenvalue weighted by Crippen LogP contribution is 2.33. The van der Waals surface area contributed by atoms with Crippen LogP contribution in [0.2, 0.25) is 5.15 Å². The molecule has 150 valence electrons. The van der Waals surface area contributed by atoms with Gasteiger partial charge in [0.05, 0.1) is 29.0 Å². The zero-order valence-electron chi connectivity index (χ0n) is 15.8. The van der Waals surface area contributed by atoms with Gasteiger partial charge in [-0.1, -0.05) is 11.6 Å². The van der Waals surface area contributed by atoms with E-state index in [0.717, 1.165) is 18.7 Å². The van der Waals surface area contributed by atoms with E-state index in [1.807, 2.05) is 0 Å². The van der Waals surface area contributed by atoms with E-state index in [4.69, 9.17) is 27.1 Å². The van der Waals surface area contributed by atoms with Crippen molar-refractivity contribution >= 4 is 38.8 Å². The van der Waals surface area contributed by atoms with Crippen molar-refractivity contribution in [3.8, 4) is 11.4 Å². The molecule has 2 N–H and O–H groups in total. The van der Waals surface area contributed by atoms with Crippen LogP contribution in [0.5, 0.6) is 0 Å². The largest absolute Gasteiger partial charge is 0.384 e. The van der Waals surface area contributed by atoms with Gasteiger partial charge in [0.1, 0.15) is 16.8 Å². The molecule has 2 fully saturated rings. The van der Waals surface area contributed by atoms with Crippen molar-refractivity contribution in [3.63, 3.8) is 0 Å². The van der Waals surface area contributed by atoms with Crippen molar-refractivity contribution in [1.29, 1.82) is 0 Å². The quantitative estimate of drug-likeness (QED) is 0.754. The van der Waals surface area contributed by atoms with Gasteiger partial charge >= 0.3 is 0 Å². The molecule has 1 aliphatic heterocycles. The number of nitrogens with zero attached hydrogens (tertiary/aromatic N) is 5. The van der Waals surface area contributed by atoms with E-state index in [1.54, 1.807) is 24.5 Å². The summed E-state index contributed by atoms with van der Waals surface area (Å²) in [7, 11) is -2.34. The monoisotopic (exact) mass is 422 g/mol. The molecule has 1 saturated heterocycles. The van der Waals surface area contributed by atoms with Gasteiger partial charge in [0.2, 0.25) is 0 Å². The van der Waals surface area contributed by atoms with Crippen LogP contribution in [-0.2, 0) is 14.5 Å². The Morgan fingerprint density at radius 1 is 1.29 bits per heavy atom. The van der Waals surface area contributed by atoms with E-state index in [1.165, 1.54) is 0 Å². The van der Waals surface area contributed by atoms with Crippen molar-refractivity contribution < 1.29 is 8.95 Å². The number of anilines is 2. The zero-order chi connectivity index (χ0) is 19.9. The molecule has 28 heavy (non-hydrogen) atoms. The van der Waals surface area contributed by atoms with Crippen LogP contribution in [0.15, 0.2) is 22.6 Å². The summed E-state index contributed by atoms with van der Waals surface area (Å²) < 4.78 is 23.0. The number of halogens is 1. The van der Waals surface area contributed by atoms with E-state index >= 15 is 0 Å². The average Bonchev–Trinajstić information content (AvgIpc) is 3.46. The number of hydrogen-bond donors (Lipinski definition) is 1. The molecule has 2 aromatic rings. The Labute approximate surface area is 169 Å². The van der Waals surface area contributed by atoms with Gasteiger partial charge in [0.15, 0.2) is 11.6 Å². The molecule has 0 amide bonds. The lowest BCUT2D eigenvalue weighted by Gasteiger charge is -2.34. The van der Waals surface area contributed by atoms with E-state index < -0.39 is 9.73 Å². The number of nitrogens with two attached hydrogens (primary N) is 1. The smallest absolute Gasteiger partial charge is 0.167 e. The minimum atomic E-state index is -2.34. The molecule has 2 aliphatic rings. The molecule has 10 heteroatoms. The second-order valence-corrected chi connectivity index (χ2v) is 10.2. The number of nitrogen functional groups attached to an aromatic ring is 1. The topological polar surface area (TPSA) is 107 Å². The molecule has 0 bridgehead atoms. The summed E-state index contributed by atoms with van der Waals surface area (Å²) in [5, 5.41) is 0.405. The Bertz CT molecular complexity index is 999. The maximum absolute atomic E-state index is 12.9. The first-order valence-electron chi connectivity index (χ1n) is 9.20. The van der Waals surface area contributed by atoms with Gasteiger partial charge in [-0.2, -0.15) is 4.36 Å². The van der Waals surface area contributed by atoms with Crippen molar-refractivity contribution in [2.45, 2.75) is 31.1 Å². The summed E-state index contributed by atoms with van der Waals surface area (Å²) in [6.45, 7) is 4.02. The average molecular weight is 423 g/mol. The number of ether oxygens (including phenoxy) is 1. The summed E-state index contributed by atoms with van der Waals surface area (Å²) in [6.07, 6.45) is 3.59. The van der Waals surface area contributed by atoms with Crippen molar-refractivity contribution in [2.24, 2.45) is 4.36 Å².